The van der Waals surface area contributed by atoms with Gasteiger partial charge in [-0.2, -0.15) is 0 Å². The van der Waals surface area contributed by atoms with Crippen LogP contribution in [-0.4, -0.2) is 74.9 Å². The van der Waals surface area contributed by atoms with E-state index in [0.717, 1.165) is 38.5 Å². The van der Waals surface area contributed by atoms with Crippen LogP contribution in [-0.2, 0) is 14.3 Å². The van der Waals surface area contributed by atoms with Gasteiger partial charge in [-0.3, -0.25) is 4.79 Å². The van der Waals surface area contributed by atoms with Crippen molar-refractivity contribution in [3.05, 3.63) is 0 Å². The number of terminal acetylenes is 1. The molecule has 0 amide bonds. The van der Waals surface area contributed by atoms with Gasteiger partial charge in [-0.05, 0) is 12.8 Å². The topological polar surface area (TPSA) is 137 Å². The molecule has 1 rings (SSSR count). The van der Waals surface area contributed by atoms with Crippen molar-refractivity contribution in [1.82, 2.24) is 0 Å². The van der Waals surface area contributed by atoms with Crippen molar-refractivity contribution >= 4 is 5.97 Å². The first-order valence-electron chi connectivity index (χ1n) is 9.02. The van der Waals surface area contributed by atoms with E-state index in [1.807, 2.05) is 0 Å². The number of hydrogen-bond donors (Lipinski definition) is 5. The Hall–Kier alpha value is -1.21. The van der Waals surface area contributed by atoms with E-state index in [1.165, 1.54) is 0 Å². The summed E-state index contributed by atoms with van der Waals surface area (Å²) in [5.41, 5.74) is 0. The highest BCUT2D eigenvalue weighted by Gasteiger charge is 2.44. The van der Waals surface area contributed by atoms with E-state index >= 15 is 0 Å². The maximum absolute atomic E-state index is 11.0. The number of carboxylic acids is 1. The number of aliphatic hydroxyl groups is 4. The maximum Gasteiger partial charge on any atom is 0.305 e. The summed E-state index contributed by atoms with van der Waals surface area (Å²) in [5, 5.41) is 47.8. The zero-order valence-electron chi connectivity index (χ0n) is 14.9. The summed E-state index contributed by atoms with van der Waals surface area (Å²) in [7, 11) is 0. The molecule has 26 heavy (non-hydrogen) atoms. The molecule has 0 spiro atoms. The second-order valence-corrected chi connectivity index (χ2v) is 6.56. The quantitative estimate of drug-likeness (QED) is 0.238. The Kier molecular flexibility index (Phi) is 10.7. The number of ether oxygens (including phenoxy) is 2. The molecule has 0 radical (unpaired) electrons. The van der Waals surface area contributed by atoms with Crippen LogP contribution in [0.5, 0.6) is 0 Å². The summed E-state index contributed by atoms with van der Waals surface area (Å²) >= 11 is 0. The van der Waals surface area contributed by atoms with Crippen LogP contribution in [0.2, 0.25) is 0 Å². The van der Waals surface area contributed by atoms with E-state index in [4.69, 9.17) is 21.0 Å². The van der Waals surface area contributed by atoms with E-state index in [9.17, 15) is 25.2 Å². The van der Waals surface area contributed by atoms with Crippen molar-refractivity contribution < 1.29 is 39.8 Å². The Morgan fingerprint density at radius 2 is 1.73 bits per heavy atom. The van der Waals surface area contributed by atoms with Crippen LogP contribution in [0.4, 0.5) is 0 Å². The minimum Gasteiger partial charge on any atom is -0.481 e. The van der Waals surface area contributed by atoms with Gasteiger partial charge in [0.1, 0.15) is 24.4 Å². The van der Waals surface area contributed by atoms with Gasteiger partial charge in [0.25, 0.3) is 0 Å². The first-order valence-corrected chi connectivity index (χ1v) is 9.02. The number of aliphatic hydroxyl groups excluding tert-OH is 4. The van der Waals surface area contributed by atoms with E-state index in [0.29, 0.717) is 6.42 Å². The predicted molar refractivity (Wildman–Crippen MR) is 92.0 cm³/mol. The van der Waals surface area contributed by atoms with Gasteiger partial charge in [0.15, 0.2) is 6.29 Å². The largest absolute Gasteiger partial charge is 0.481 e. The molecular formula is C18H30O8. The average molecular weight is 374 g/mol. The molecule has 0 bridgehead atoms. The lowest BCUT2D eigenvalue weighted by Gasteiger charge is -2.40. The molecule has 0 aromatic heterocycles. The van der Waals surface area contributed by atoms with Crippen LogP contribution in [0.1, 0.15) is 51.4 Å². The van der Waals surface area contributed by atoms with Crippen molar-refractivity contribution in [3.63, 3.8) is 0 Å². The maximum atomic E-state index is 11.0. The van der Waals surface area contributed by atoms with Crippen LogP contribution in [0, 0.1) is 12.3 Å². The van der Waals surface area contributed by atoms with Gasteiger partial charge in [-0.25, -0.2) is 0 Å². The van der Waals surface area contributed by atoms with Crippen LogP contribution in [0.25, 0.3) is 0 Å². The molecule has 1 aliphatic rings. The minimum absolute atomic E-state index is 0.272. The number of carboxylic acid groups (broad SMARTS) is 1. The van der Waals surface area contributed by atoms with Gasteiger partial charge < -0.3 is 35.0 Å². The van der Waals surface area contributed by atoms with Gasteiger partial charge in [0, 0.05) is 6.42 Å². The summed E-state index contributed by atoms with van der Waals surface area (Å²) < 4.78 is 10.8. The summed E-state index contributed by atoms with van der Waals surface area (Å²) in [6, 6.07) is 0. The molecule has 1 saturated heterocycles. The van der Waals surface area contributed by atoms with Crippen LogP contribution < -0.4 is 0 Å². The second kappa shape index (κ2) is 12.2. The second-order valence-electron chi connectivity index (χ2n) is 6.56. The fourth-order valence-electron chi connectivity index (χ4n) is 2.91. The monoisotopic (exact) mass is 374 g/mol. The highest BCUT2D eigenvalue weighted by Crippen LogP contribution is 2.25. The Morgan fingerprint density at radius 1 is 1.08 bits per heavy atom. The third-order valence-corrected chi connectivity index (χ3v) is 4.42. The molecule has 1 heterocycles. The smallest absolute Gasteiger partial charge is 0.305 e. The molecular weight excluding hydrogens is 344 g/mol. The van der Waals surface area contributed by atoms with Gasteiger partial charge in [0.05, 0.1) is 19.1 Å². The van der Waals surface area contributed by atoms with E-state index in [-0.39, 0.29) is 6.42 Å². The Labute approximate surface area is 153 Å². The molecule has 4 unspecified atom stereocenters. The van der Waals surface area contributed by atoms with Gasteiger partial charge in [-0.15, -0.1) is 12.3 Å². The Balaban J connectivity index is 2.50. The van der Waals surface area contributed by atoms with Crippen molar-refractivity contribution in [2.24, 2.45) is 0 Å². The molecule has 5 N–H and O–H groups in total. The number of hydrogen-bond acceptors (Lipinski definition) is 7. The van der Waals surface area contributed by atoms with Gasteiger partial charge in [-0.1, -0.05) is 25.7 Å². The standard InChI is InChI=1S/C18H30O8/c1-2-3-4-5-6-7-8-9-12(10-14(20)21)25-18-17(24)16(23)15(22)13(11-19)26-18/h1,12-13,15-19,22-24H,3-11H2,(H,20,21)/t12?,13?,15-,16-,17?,18?/m0/s1. The lowest BCUT2D eigenvalue weighted by Crippen LogP contribution is -2.59. The van der Waals surface area contributed by atoms with Crippen molar-refractivity contribution in [1.29, 1.82) is 0 Å². The minimum atomic E-state index is -1.55. The number of carbonyl (C=O) groups is 1. The molecule has 0 aromatic carbocycles. The fourth-order valence-corrected chi connectivity index (χ4v) is 2.91. The van der Waals surface area contributed by atoms with E-state index in [2.05, 4.69) is 5.92 Å². The first-order chi connectivity index (χ1) is 12.4. The molecule has 150 valence electrons. The number of rotatable bonds is 12. The number of aliphatic carboxylic acids is 1. The van der Waals surface area contributed by atoms with Crippen molar-refractivity contribution in [2.45, 2.75) is 88.2 Å². The molecule has 1 fully saturated rings. The summed E-state index contributed by atoms with van der Waals surface area (Å²) in [6.45, 7) is -0.563. The van der Waals surface area contributed by atoms with Crippen LogP contribution >= 0.6 is 0 Å². The molecule has 0 saturated carbocycles. The lowest BCUT2D eigenvalue weighted by molar-refractivity contribution is -0.311. The summed E-state index contributed by atoms with van der Waals surface area (Å²) in [6.07, 6.45) is 3.07. The van der Waals surface area contributed by atoms with Gasteiger partial charge >= 0.3 is 5.97 Å². The SMILES string of the molecule is C#CCCCCCCCC(CC(=O)O)OC1OC(CO)[C@H](O)[C@H](O)C1O. The van der Waals surface area contributed by atoms with Crippen molar-refractivity contribution in [3.8, 4) is 12.3 Å². The molecule has 1 aliphatic heterocycles. The number of unbranched alkanes of at least 4 members (excludes halogenated alkanes) is 5. The van der Waals surface area contributed by atoms with Crippen molar-refractivity contribution in [2.75, 3.05) is 6.61 Å². The molecule has 8 nitrogen and oxygen atoms in total. The van der Waals surface area contributed by atoms with E-state index in [1.54, 1.807) is 0 Å². The third-order valence-electron chi connectivity index (χ3n) is 4.42. The highest BCUT2D eigenvalue weighted by atomic mass is 16.7. The Morgan fingerprint density at radius 3 is 2.35 bits per heavy atom. The Bertz CT molecular complexity index is 447. The molecule has 0 aliphatic carbocycles. The predicted octanol–water partition coefficient (Wildman–Crippen LogP) is 0.0101. The summed E-state index contributed by atoms with van der Waals surface area (Å²) in [4.78, 5) is 11.0. The molecule has 8 heteroatoms. The lowest BCUT2D eigenvalue weighted by atomic mass is 9.99. The summed E-state index contributed by atoms with van der Waals surface area (Å²) in [5.74, 6) is 1.54. The third kappa shape index (κ3) is 7.58. The highest BCUT2D eigenvalue weighted by molar-refractivity contribution is 5.67. The van der Waals surface area contributed by atoms with E-state index < -0.39 is 49.4 Å². The zero-order valence-corrected chi connectivity index (χ0v) is 14.9. The normalized spacial score (nSPS) is 29.9. The van der Waals surface area contributed by atoms with Crippen LogP contribution in [0.15, 0.2) is 0 Å². The molecule has 0 aromatic rings. The molecule has 6 atom stereocenters. The van der Waals surface area contributed by atoms with Gasteiger partial charge in [0.2, 0.25) is 0 Å². The van der Waals surface area contributed by atoms with Crippen LogP contribution in [0.3, 0.4) is 0 Å². The first kappa shape index (κ1) is 22.8. The zero-order chi connectivity index (χ0) is 19.5. The fraction of sp³-hybridized carbons (Fsp3) is 0.833. The average Bonchev–Trinajstić information content (AvgIpc) is 2.60.